The van der Waals surface area contributed by atoms with Crippen molar-refractivity contribution in [2.75, 3.05) is 5.73 Å². The lowest BCUT2D eigenvalue weighted by atomic mass is 10.1. The van der Waals surface area contributed by atoms with E-state index in [-0.39, 0.29) is 4.90 Å². The molecule has 0 amide bonds. The first-order chi connectivity index (χ1) is 9.77. The number of carbonyl (C=O) groups is 1. The summed E-state index contributed by atoms with van der Waals surface area (Å²) in [5.74, 6) is -1.40. The Bertz CT molecular complexity index is 669. The van der Waals surface area contributed by atoms with Gasteiger partial charge >= 0.3 is 12.1 Å². The molecule has 0 radical (unpaired) electrons. The van der Waals surface area contributed by atoms with Crippen LogP contribution in [-0.2, 0) is 6.18 Å². The van der Waals surface area contributed by atoms with Gasteiger partial charge in [-0.3, -0.25) is 0 Å². The fourth-order valence-corrected chi connectivity index (χ4v) is 2.58. The van der Waals surface area contributed by atoms with E-state index in [1.54, 1.807) is 24.3 Å². The lowest BCUT2D eigenvalue weighted by molar-refractivity contribution is -0.139. The van der Waals surface area contributed by atoms with Gasteiger partial charge in [0.2, 0.25) is 0 Å². The van der Waals surface area contributed by atoms with Crippen LogP contribution < -0.4 is 5.73 Å². The van der Waals surface area contributed by atoms with Crippen molar-refractivity contribution in [3.8, 4) is 0 Å². The normalized spacial score (nSPS) is 11.4. The van der Waals surface area contributed by atoms with E-state index in [9.17, 15) is 18.0 Å². The number of nitrogens with two attached hydrogens (primary N) is 1. The van der Waals surface area contributed by atoms with Crippen molar-refractivity contribution in [2.45, 2.75) is 16.0 Å². The summed E-state index contributed by atoms with van der Waals surface area (Å²) in [6, 6.07) is 9.32. The van der Waals surface area contributed by atoms with Crippen LogP contribution in [0.15, 0.2) is 52.3 Å². The second-order valence-corrected chi connectivity index (χ2v) is 5.30. The Morgan fingerprint density at radius 1 is 1.10 bits per heavy atom. The topological polar surface area (TPSA) is 63.3 Å². The van der Waals surface area contributed by atoms with E-state index in [0.29, 0.717) is 16.6 Å². The van der Waals surface area contributed by atoms with Crippen LogP contribution in [-0.4, -0.2) is 11.1 Å². The summed E-state index contributed by atoms with van der Waals surface area (Å²) in [5.41, 5.74) is 4.66. The van der Waals surface area contributed by atoms with Gasteiger partial charge in [-0.05, 0) is 42.5 Å². The van der Waals surface area contributed by atoms with E-state index in [1.807, 2.05) is 0 Å². The van der Waals surface area contributed by atoms with Crippen LogP contribution in [0, 0.1) is 0 Å². The molecule has 7 heteroatoms. The van der Waals surface area contributed by atoms with Crippen molar-refractivity contribution in [3.05, 3.63) is 53.6 Å². The number of carboxylic acid groups (broad SMARTS) is 1. The van der Waals surface area contributed by atoms with Gasteiger partial charge in [-0.25, -0.2) is 4.79 Å². The molecule has 0 fully saturated rings. The highest BCUT2D eigenvalue weighted by Crippen LogP contribution is 2.40. The minimum Gasteiger partial charge on any atom is -0.478 e. The highest BCUT2D eigenvalue weighted by atomic mass is 32.2. The molecule has 110 valence electrons. The monoisotopic (exact) mass is 313 g/mol. The molecule has 0 aliphatic rings. The molecule has 3 nitrogen and oxygen atoms in total. The van der Waals surface area contributed by atoms with Crippen molar-refractivity contribution in [2.24, 2.45) is 0 Å². The standard InChI is InChI=1S/C14H10F3NO2S/c15-14(16,17)11-7-8(13(19)20)1-6-12(11)21-10-4-2-9(18)3-5-10/h1-7H,18H2,(H,19,20). The van der Waals surface area contributed by atoms with E-state index in [1.165, 1.54) is 0 Å². The number of nitrogen functional groups attached to an aromatic ring is 1. The van der Waals surface area contributed by atoms with Gasteiger partial charge in [0.1, 0.15) is 0 Å². The van der Waals surface area contributed by atoms with Gasteiger partial charge in [0.05, 0.1) is 11.1 Å². The number of carboxylic acids is 1. The van der Waals surface area contributed by atoms with Crippen LogP contribution in [0.2, 0.25) is 0 Å². The lowest BCUT2D eigenvalue weighted by Crippen LogP contribution is -2.09. The van der Waals surface area contributed by atoms with Crippen LogP contribution in [0.5, 0.6) is 0 Å². The van der Waals surface area contributed by atoms with Gasteiger partial charge in [-0.2, -0.15) is 13.2 Å². The maximum absolute atomic E-state index is 13.0. The Balaban J connectivity index is 2.43. The van der Waals surface area contributed by atoms with Gasteiger partial charge in [-0.1, -0.05) is 11.8 Å². The molecule has 0 heterocycles. The number of hydrogen-bond acceptors (Lipinski definition) is 3. The average Bonchev–Trinajstić information content (AvgIpc) is 2.40. The van der Waals surface area contributed by atoms with Crippen molar-refractivity contribution in [1.29, 1.82) is 0 Å². The molecule has 0 aliphatic carbocycles. The second kappa shape index (κ2) is 5.69. The summed E-state index contributed by atoms with van der Waals surface area (Å²) < 4.78 is 39.1. The molecule has 2 aromatic rings. The van der Waals surface area contributed by atoms with Crippen LogP contribution in [0.4, 0.5) is 18.9 Å². The number of aromatic carboxylic acids is 1. The van der Waals surface area contributed by atoms with Crippen LogP contribution in [0.1, 0.15) is 15.9 Å². The van der Waals surface area contributed by atoms with E-state index in [2.05, 4.69) is 0 Å². The van der Waals surface area contributed by atoms with E-state index in [4.69, 9.17) is 10.8 Å². The zero-order valence-electron chi connectivity index (χ0n) is 10.5. The molecule has 0 saturated heterocycles. The third-order valence-corrected chi connectivity index (χ3v) is 3.72. The molecular formula is C14H10F3NO2S. The highest BCUT2D eigenvalue weighted by Gasteiger charge is 2.34. The maximum atomic E-state index is 13.0. The molecule has 0 unspecified atom stereocenters. The van der Waals surface area contributed by atoms with Crippen LogP contribution in [0.25, 0.3) is 0 Å². The van der Waals surface area contributed by atoms with E-state index < -0.39 is 23.3 Å². The smallest absolute Gasteiger partial charge is 0.417 e. The minimum absolute atomic E-state index is 0.0581. The van der Waals surface area contributed by atoms with Crippen molar-refractivity contribution in [3.63, 3.8) is 0 Å². The molecule has 0 bridgehead atoms. The quantitative estimate of drug-likeness (QED) is 0.836. The summed E-state index contributed by atoms with van der Waals surface area (Å²) >= 11 is 0.902. The van der Waals surface area contributed by atoms with Crippen molar-refractivity contribution < 1.29 is 23.1 Å². The Labute approximate surface area is 122 Å². The van der Waals surface area contributed by atoms with Crippen LogP contribution >= 0.6 is 11.8 Å². The van der Waals surface area contributed by atoms with Gasteiger partial charge in [0, 0.05) is 15.5 Å². The molecule has 0 saturated carbocycles. The van der Waals surface area contributed by atoms with Gasteiger partial charge in [0.25, 0.3) is 0 Å². The predicted molar refractivity (Wildman–Crippen MR) is 73.4 cm³/mol. The third-order valence-electron chi connectivity index (χ3n) is 2.64. The number of anilines is 1. The number of benzene rings is 2. The SMILES string of the molecule is Nc1ccc(Sc2ccc(C(=O)O)cc2C(F)(F)F)cc1. The summed E-state index contributed by atoms with van der Waals surface area (Å²) in [4.78, 5) is 11.3. The Kier molecular flexibility index (Phi) is 4.13. The number of halogens is 3. The van der Waals surface area contributed by atoms with Crippen molar-refractivity contribution in [1.82, 2.24) is 0 Å². The fraction of sp³-hybridized carbons (Fsp3) is 0.0714. The third kappa shape index (κ3) is 3.69. The number of rotatable bonds is 3. The summed E-state index contributed by atoms with van der Waals surface area (Å²) in [7, 11) is 0. The van der Waals surface area contributed by atoms with Gasteiger partial charge < -0.3 is 10.8 Å². The summed E-state index contributed by atoms with van der Waals surface area (Å²) in [6.45, 7) is 0. The zero-order chi connectivity index (χ0) is 15.6. The first-order valence-electron chi connectivity index (χ1n) is 5.75. The predicted octanol–water partition coefficient (Wildman–Crippen LogP) is 4.14. The van der Waals surface area contributed by atoms with Gasteiger partial charge in [-0.15, -0.1) is 0 Å². The average molecular weight is 313 g/mol. The fourth-order valence-electron chi connectivity index (χ4n) is 1.64. The molecular weight excluding hydrogens is 303 g/mol. The number of alkyl halides is 3. The summed E-state index contributed by atoms with van der Waals surface area (Å²) in [6.07, 6.45) is -4.62. The zero-order valence-corrected chi connectivity index (χ0v) is 11.3. The minimum atomic E-state index is -4.62. The molecule has 2 aromatic carbocycles. The highest BCUT2D eigenvalue weighted by molar-refractivity contribution is 7.99. The number of hydrogen-bond donors (Lipinski definition) is 2. The van der Waals surface area contributed by atoms with Crippen LogP contribution in [0.3, 0.4) is 0 Å². The molecule has 0 aliphatic heterocycles. The molecule has 0 aromatic heterocycles. The Hall–Kier alpha value is -2.15. The second-order valence-electron chi connectivity index (χ2n) is 4.18. The first-order valence-corrected chi connectivity index (χ1v) is 6.57. The van der Waals surface area contributed by atoms with Crippen molar-refractivity contribution >= 4 is 23.4 Å². The molecule has 2 rings (SSSR count). The Morgan fingerprint density at radius 2 is 1.71 bits per heavy atom. The molecule has 0 spiro atoms. The Morgan fingerprint density at radius 3 is 2.24 bits per heavy atom. The molecule has 3 N–H and O–H groups in total. The summed E-state index contributed by atoms with van der Waals surface area (Å²) in [5, 5.41) is 8.80. The molecule has 21 heavy (non-hydrogen) atoms. The van der Waals surface area contributed by atoms with E-state index in [0.717, 1.165) is 23.9 Å². The van der Waals surface area contributed by atoms with Gasteiger partial charge in [0.15, 0.2) is 0 Å². The first kappa shape index (κ1) is 15.2. The van der Waals surface area contributed by atoms with E-state index >= 15 is 0 Å². The molecule has 0 atom stereocenters. The lowest BCUT2D eigenvalue weighted by Gasteiger charge is -2.13. The maximum Gasteiger partial charge on any atom is 0.417 e. The largest absolute Gasteiger partial charge is 0.478 e.